The molecule has 0 radical (unpaired) electrons. The molecular weight excluding hydrogens is 282 g/mol. The summed E-state index contributed by atoms with van der Waals surface area (Å²) in [6.07, 6.45) is 8.96. The molecule has 1 aromatic carbocycles. The van der Waals surface area contributed by atoms with Crippen LogP contribution in [0.2, 0.25) is 0 Å². The van der Waals surface area contributed by atoms with Crippen LogP contribution < -0.4 is 4.80 Å². The highest BCUT2D eigenvalue weighted by Gasteiger charge is 2.05. The molecule has 0 spiro atoms. The molecule has 5 heteroatoms. The standard InChI is InChI=1S/C16H23N3OS/c1-2-3-4-5-6-7-10-13-19-14-11-8-9-12-15(14)21-16(19)17-18-20/h8-9,11-12H,2-7,10,13H2,1H3/b17-16+. The molecule has 0 unspecified atom stereocenters. The van der Waals surface area contributed by atoms with Crippen molar-refractivity contribution >= 4 is 21.6 Å². The molecule has 0 saturated heterocycles. The predicted octanol–water partition coefficient (Wildman–Crippen LogP) is 5.04. The average Bonchev–Trinajstić information content (AvgIpc) is 2.84. The van der Waals surface area contributed by atoms with Crippen LogP contribution in [0.25, 0.3) is 10.2 Å². The van der Waals surface area contributed by atoms with Crippen molar-refractivity contribution < 1.29 is 0 Å². The second-order valence-electron chi connectivity index (χ2n) is 5.31. The maximum absolute atomic E-state index is 10.5. The molecule has 0 atom stereocenters. The van der Waals surface area contributed by atoms with E-state index < -0.39 is 0 Å². The van der Waals surface area contributed by atoms with Crippen LogP contribution in [0.1, 0.15) is 51.9 Å². The number of unbranched alkanes of at least 4 members (excludes halogenated alkanes) is 6. The zero-order valence-electron chi connectivity index (χ0n) is 12.6. The largest absolute Gasteiger partial charge is 0.315 e. The molecule has 0 aliphatic rings. The van der Waals surface area contributed by atoms with E-state index in [2.05, 4.69) is 34.0 Å². The third kappa shape index (κ3) is 4.49. The molecule has 0 saturated carbocycles. The third-order valence-corrected chi connectivity index (χ3v) is 4.75. The first-order valence-corrected chi connectivity index (χ1v) is 8.63. The smallest absolute Gasteiger partial charge is 0.215 e. The van der Waals surface area contributed by atoms with Crippen LogP contribution >= 0.6 is 11.3 Å². The minimum Gasteiger partial charge on any atom is -0.315 e. The lowest BCUT2D eigenvalue weighted by Gasteiger charge is -2.05. The van der Waals surface area contributed by atoms with E-state index in [4.69, 9.17) is 0 Å². The topological polar surface area (TPSA) is 46.7 Å². The summed E-state index contributed by atoms with van der Waals surface area (Å²) < 4.78 is 3.27. The molecule has 2 rings (SSSR count). The Morgan fingerprint density at radius 3 is 2.52 bits per heavy atom. The first-order valence-electron chi connectivity index (χ1n) is 7.81. The molecule has 0 bridgehead atoms. The molecule has 0 fully saturated rings. The van der Waals surface area contributed by atoms with Gasteiger partial charge < -0.3 is 4.57 Å². The number of nitroso groups, excluding NO2 is 1. The van der Waals surface area contributed by atoms with Crippen molar-refractivity contribution in [1.82, 2.24) is 4.57 Å². The minimum atomic E-state index is 0.706. The van der Waals surface area contributed by atoms with Crippen molar-refractivity contribution in [3.05, 3.63) is 34.0 Å². The summed E-state index contributed by atoms with van der Waals surface area (Å²) in [5.41, 5.74) is 1.15. The van der Waals surface area contributed by atoms with Crippen molar-refractivity contribution in [3.63, 3.8) is 0 Å². The number of benzene rings is 1. The van der Waals surface area contributed by atoms with Crippen molar-refractivity contribution in [2.24, 2.45) is 10.4 Å². The molecule has 2 aromatic rings. The molecule has 21 heavy (non-hydrogen) atoms. The van der Waals surface area contributed by atoms with Crippen LogP contribution in [0.3, 0.4) is 0 Å². The summed E-state index contributed by atoms with van der Waals surface area (Å²) in [4.78, 5) is 11.2. The maximum atomic E-state index is 10.5. The number of hydrogen-bond acceptors (Lipinski definition) is 3. The van der Waals surface area contributed by atoms with E-state index in [1.165, 1.54) is 49.9 Å². The summed E-state index contributed by atoms with van der Waals surface area (Å²) in [6, 6.07) is 8.17. The molecule has 1 aromatic heterocycles. The summed E-state index contributed by atoms with van der Waals surface area (Å²) in [7, 11) is 0. The van der Waals surface area contributed by atoms with Gasteiger partial charge in [0.05, 0.1) is 15.5 Å². The van der Waals surface area contributed by atoms with E-state index in [0.717, 1.165) is 23.2 Å². The molecule has 0 aliphatic carbocycles. The Morgan fingerprint density at radius 1 is 1.05 bits per heavy atom. The fourth-order valence-corrected chi connectivity index (χ4v) is 3.58. The van der Waals surface area contributed by atoms with E-state index in [-0.39, 0.29) is 0 Å². The van der Waals surface area contributed by atoms with E-state index >= 15 is 0 Å². The molecule has 114 valence electrons. The van der Waals surface area contributed by atoms with Crippen LogP contribution in [0, 0.1) is 4.91 Å². The van der Waals surface area contributed by atoms with Gasteiger partial charge in [-0.1, -0.05) is 74.0 Å². The fourth-order valence-electron chi connectivity index (χ4n) is 2.58. The van der Waals surface area contributed by atoms with Crippen molar-refractivity contribution in [2.75, 3.05) is 0 Å². The SMILES string of the molecule is CCCCCCCCCn1/c(=N\N=O)sc2ccccc21. The number of nitrogens with zero attached hydrogens (tertiary/aromatic N) is 3. The Morgan fingerprint density at radius 2 is 1.76 bits per heavy atom. The van der Waals surface area contributed by atoms with Gasteiger partial charge in [-0.05, 0) is 18.6 Å². The average molecular weight is 305 g/mol. The number of rotatable bonds is 9. The number of fused-ring (bicyclic) bond motifs is 1. The highest BCUT2D eigenvalue weighted by atomic mass is 32.1. The highest BCUT2D eigenvalue weighted by Crippen LogP contribution is 2.17. The van der Waals surface area contributed by atoms with Crippen molar-refractivity contribution in [3.8, 4) is 0 Å². The zero-order valence-corrected chi connectivity index (χ0v) is 13.4. The lowest BCUT2D eigenvalue weighted by atomic mass is 10.1. The fraction of sp³-hybridized carbons (Fsp3) is 0.562. The zero-order chi connectivity index (χ0) is 14.9. The van der Waals surface area contributed by atoms with Gasteiger partial charge in [-0.2, -0.15) is 0 Å². The van der Waals surface area contributed by atoms with Gasteiger partial charge in [0.1, 0.15) is 0 Å². The van der Waals surface area contributed by atoms with Gasteiger partial charge in [-0.25, -0.2) is 0 Å². The number of para-hydroxylation sites is 1. The van der Waals surface area contributed by atoms with Gasteiger partial charge in [0.2, 0.25) is 4.80 Å². The Balaban J connectivity index is 1.96. The van der Waals surface area contributed by atoms with Crippen molar-refractivity contribution in [2.45, 2.75) is 58.4 Å². The van der Waals surface area contributed by atoms with Gasteiger partial charge >= 0.3 is 0 Å². The molecule has 1 heterocycles. The normalized spacial score (nSPS) is 12.1. The predicted molar refractivity (Wildman–Crippen MR) is 89.2 cm³/mol. The third-order valence-electron chi connectivity index (χ3n) is 3.70. The monoisotopic (exact) mass is 305 g/mol. The van der Waals surface area contributed by atoms with E-state index in [1.54, 1.807) is 0 Å². The second-order valence-corrected chi connectivity index (χ2v) is 6.32. The summed E-state index contributed by atoms with van der Waals surface area (Å²) in [5.74, 6) is 0. The molecule has 4 nitrogen and oxygen atoms in total. The summed E-state index contributed by atoms with van der Waals surface area (Å²) >= 11 is 1.53. The first kappa shape index (κ1) is 15.9. The van der Waals surface area contributed by atoms with Crippen LogP contribution in [0.5, 0.6) is 0 Å². The molecular formula is C16H23N3OS. The van der Waals surface area contributed by atoms with Gasteiger partial charge in [0, 0.05) is 6.54 Å². The number of hydrogen-bond donors (Lipinski definition) is 0. The van der Waals surface area contributed by atoms with E-state index in [9.17, 15) is 4.91 Å². The van der Waals surface area contributed by atoms with Crippen LogP contribution in [0.15, 0.2) is 34.7 Å². The molecule has 0 N–H and O–H groups in total. The maximum Gasteiger partial charge on any atom is 0.215 e. The number of aromatic nitrogens is 1. The molecule has 0 amide bonds. The van der Waals surface area contributed by atoms with E-state index in [1.807, 2.05) is 12.1 Å². The summed E-state index contributed by atoms with van der Waals surface area (Å²) in [5, 5.41) is 6.44. The lowest BCUT2D eigenvalue weighted by Crippen LogP contribution is -2.14. The van der Waals surface area contributed by atoms with Gasteiger partial charge in [0.25, 0.3) is 0 Å². The quantitative estimate of drug-likeness (QED) is 0.364. The van der Waals surface area contributed by atoms with Gasteiger partial charge in [-0.3, -0.25) is 0 Å². The Bertz CT molecular complexity index is 630. The van der Waals surface area contributed by atoms with E-state index in [0.29, 0.717) is 4.80 Å². The molecule has 0 aliphatic heterocycles. The first-order chi connectivity index (χ1) is 10.4. The summed E-state index contributed by atoms with van der Waals surface area (Å²) in [6.45, 7) is 3.15. The number of aryl methyl sites for hydroxylation is 1. The second kappa shape index (κ2) is 8.72. The van der Waals surface area contributed by atoms with Gasteiger partial charge in [0.15, 0.2) is 0 Å². The minimum absolute atomic E-state index is 0.706. The lowest BCUT2D eigenvalue weighted by molar-refractivity contribution is 0.550. The number of thiazole rings is 1. The Hall–Kier alpha value is -1.49. The van der Waals surface area contributed by atoms with Crippen LogP contribution in [-0.4, -0.2) is 4.57 Å². The Kier molecular flexibility index (Phi) is 6.60. The van der Waals surface area contributed by atoms with Crippen molar-refractivity contribution in [1.29, 1.82) is 0 Å². The van der Waals surface area contributed by atoms with Crippen LogP contribution in [0.4, 0.5) is 0 Å². The van der Waals surface area contributed by atoms with Gasteiger partial charge in [-0.15, -0.1) is 4.91 Å². The highest BCUT2D eigenvalue weighted by molar-refractivity contribution is 7.16. The Labute approximate surface area is 129 Å². The van der Waals surface area contributed by atoms with Crippen LogP contribution in [-0.2, 0) is 6.54 Å².